The molecule has 4 aromatic rings. The van der Waals surface area contributed by atoms with Crippen LogP contribution in [0.1, 0.15) is 42.1 Å². The van der Waals surface area contributed by atoms with E-state index in [4.69, 9.17) is 4.74 Å². The number of nitrogens with zero attached hydrogens (tertiary/aromatic N) is 4. The molecule has 0 aliphatic rings. The predicted octanol–water partition coefficient (Wildman–Crippen LogP) is 2.98. The van der Waals surface area contributed by atoms with Gasteiger partial charge in [-0.05, 0) is 37.1 Å². The maximum Gasteiger partial charge on any atom is 0.341 e. The van der Waals surface area contributed by atoms with E-state index in [9.17, 15) is 14.4 Å². The monoisotopic (exact) mass is 444 g/mol. The third kappa shape index (κ3) is 4.07. The van der Waals surface area contributed by atoms with Gasteiger partial charge in [0.15, 0.2) is 5.49 Å². The fourth-order valence-corrected chi connectivity index (χ4v) is 3.88. The zero-order valence-electron chi connectivity index (χ0n) is 18.7. The van der Waals surface area contributed by atoms with Crippen LogP contribution in [0.3, 0.4) is 0 Å². The number of rotatable bonds is 5. The fourth-order valence-electron chi connectivity index (χ4n) is 3.88. The normalized spacial score (nSPS) is 12.8. The van der Waals surface area contributed by atoms with Crippen LogP contribution < -0.4 is 11.0 Å². The summed E-state index contributed by atoms with van der Waals surface area (Å²) in [6.45, 7) is 3.74. The molecule has 1 unspecified atom stereocenters. The Morgan fingerprint density at radius 3 is 2.52 bits per heavy atom. The number of pyridine rings is 2. The number of benzene rings is 1. The average Bonchev–Trinajstić information content (AvgIpc) is 2.82. The second-order valence-corrected chi connectivity index (χ2v) is 7.57. The van der Waals surface area contributed by atoms with Gasteiger partial charge >= 0.3 is 5.97 Å². The lowest BCUT2D eigenvalue weighted by Gasteiger charge is -2.14. The molecule has 0 bridgehead atoms. The fraction of sp³-hybridized carbons (Fsp3) is 0.240. The minimum absolute atomic E-state index is 0.0397. The van der Waals surface area contributed by atoms with Crippen molar-refractivity contribution >= 4 is 28.6 Å². The molecule has 8 heteroatoms. The second-order valence-electron chi connectivity index (χ2n) is 7.57. The summed E-state index contributed by atoms with van der Waals surface area (Å²) in [5.74, 6) is -1.51. The van der Waals surface area contributed by atoms with Gasteiger partial charge in [-0.25, -0.2) is 9.78 Å². The van der Waals surface area contributed by atoms with Crippen LogP contribution in [0.25, 0.3) is 16.7 Å². The minimum Gasteiger partial charge on any atom is -0.462 e. The van der Waals surface area contributed by atoms with Crippen LogP contribution in [-0.2, 0) is 16.6 Å². The van der Waals surface area contributed by atoms with E-state index < -0.39 is 11.9 Å². The average molecular weight is 444 g/mol. The number of aromatic nitrogens is 3. The Bertz CT molecular complexity index is 1490. The van der Waals surface area contributed by atoms with Crippen LogP contribution in [0.4, 0.5) is 0 Å². The molecular formula is C25H24N4O4. The number of fused-ring (bicyclic) bond motifs is 2. The van der Waals surface area contributed by atoms with Gasteiger partial charge in [-0.15, -0.1) is 0 Å². The van der Waals surface area contributed by atoms with E-state index in [2.05, 4.69) is 9.98 Å². The first-order valence-corrected chi connectivity index (χ1v) is 10.8. The predicted molar refractivity (Wildman–Crippen MR) is 124 cm³/mol. The van der Waals surface area contributed by atoms with Crippen LogP contribution in [0, 0.1) is 0 Å². The van der Waals surface area contributed by atoms with Crippen molar-refractivity contribution in [2.45, 2.75) is 26.2 Å². The summed E-state index contributed by atoms with van der Waals surface area (Å²) < 4.78 is 8.11. The number of carbonyl (C=O) groups excluding carboxylic acids is 2. The SMILES string of the molecule is CCOC(=O)c1cc2c(=O)n3ccccc3nc2n(C)c1=NC(=O)C(CC)c1ccccc1. The third-order valence-electron chi connectivity index (χ3n) is 5.53. The molecule has 4 rings (SSSR count). The second kappa shape index (κ2) is 9.20. The van der Waals surface area contributed by atoms with Crippen molar-refractivity contribution < 1.29 is 14.3 Å². The van der Waals surface area contributed by atoms with Crippen LogP contribution >= 0.6 is 0 Å². The number of hydrogen-bond acceptors (Lipinski definition) is 5. The molecular weight excluding hydrogens is 420 g/mol. The van der Waals surface area contributed by atoms with E-state index in [-0.39, 0.29) is 34.5 Å². The van der Waals surface area contributed by atoms with Gasteiger partial charge in [0.2, 0.25) is 0 Å². The van der Waals surface area contributed by atoms with Crippen molar-refractivity contribution in [3.05, 3.63) is 87.8 Å². The summed E-state index contributed by atoms with van der Waals surface area (Å²) in [6.07, 6.45) is 2.16. The molecule has 3 aromatic heterocycles. The van der Waals surface area contributed by atoms with E-state index in [1.165, 1.54) is 15.0 Å². The Labute approximate surface area is 189 Å². The van der Waals surface area contributed by atoms with E-state index in [0.717, 1.165) is 5.56 Å². The van der Waals surface area contributed by atoms with E-state index >= 15 is 0 Å². The lowest BCUT2D eigenvalue weighted by atomic mass is 9.96. The molecule has 3 heterocycles. The molecule has 0 saturated heterocycles. The highest BCUT2D eigenvalue weighted by Crippen LogP contribution is 2.20. The summed E-state index contributed by atoms with van der Waals surface area (Å²) in [6, 6.07) is 16.0. The molecule has 33 heavy (non-hydrogen) atoms. The largest absolute Gasteiger partial charge is 0.462 e. The quantitative estimate of drug-likeness (QED) is 0.348. The van der Waals surface area contributed by atoms with Gasteiger partial charge in [0, 0.05) is 13.2 Å². The van der Waals surface area contributed by atoms with Crippen molar-refractivity contribution in [3.8, 4) is 0 Å². The summed E-state index contributed by atoms with van der Waals surface area (Å²) in [4.78, 5) is 48.0. The van der Waals surface area contributed by atoms with Gasteiger partial charge in [-0.3, -0.25) is 14.0 Å². The number of aryl methyl sites for hydroxylation is 1. The van der Waals surface area contributed by atoms with Gasteiger partial charge in [0.25, 0.3) is 11.5 Å². The maximum atomic E-state index is 13.2. The van der Waals surface area contributed by atoms with Crippen LogP contribution in [-0.4, -0.2) is 32.4 Å². The highest BCUT2D eigenvalue weighted by Gasteiger charge is 2.22. The molecule has 1 aromatic carbocycles. The molecule has 1 atom stereocenters. The molecule has 0 aliphatic carbocycles. The van der Waals surface area contributed by atoms with Crippen molar-refractivity contribution in [2.24, 2.45) is 12.0 Å². The summed E-state index contributed by atoms with van der Waals surface area (Å²) in [5.41, 5.74) is 1.43. The topological polar surface area (TPSA) is 95.0 Å². The molecule has 8 nitrogen and oxygen atoms in total. The summed E-state index contributed by atoms with van der Waals surface area (Å²) in [5, 5.41) is 0.228. The summed E-state index contributed by atoms with van der Waals surface area (Å²) in [7, 11) is 1.63. The first-order chi connectivity index (χ1) is 16.0. The zero-order valence-corrected chi connectivity index (χ0v) is 18.7. The Balaban J connectivity index is 2.01. The zero-order chi connectivity index (χ0) is 23.5. The Kier molecular flexibility index (Phi) is 6.17. The molecule has 0 N–H and O–H groups in total. The molecule has 0 saturated carbocycles. The minimum atomic E-state index is -0.660. The molecule has 0 spiro atoms. The Hall–Kier alpha value is -4.07. The molecule has 0 radical (unpaired) electrons. The number of carbonyl (C=O) groups is 2. The van der Waals surface area contributed by atoms with E-state index in [1.54, 1.807) is 38.4 Å². The smallest absolute Gasteiger partial charge is 0.341 e. The molecule has 168 valence electrons. The molecule has 1 amide bonds. The van der Waals surface area contributed by atoms with Gasteiger partial charge in [0.1, 0.15) is 16.9 Å². The molecule has 0 fully saturated rings. The third-order valence-corrected chi connectivity index (χ3v) is 5.53. The van der Waals surface area contributed by atoms with Gasteiger partial charge in [-0.1, -0.05) is 43.3 Å². The standard InChI is InChI=1S/C25H24N4O4/c1-4-17(16-11-7-6-8-12-16)23(30)27-22-19(25(32)33-5-2)15-18-21(28(22)3)26-20-13-9-10-14-29(20)24(18)31/h6-15,17H,4-5H2,1-3H3. The van der Waals surface area contributed by atoms with E-state index in [1.807, 2.05) is 37.3 Å². The highest BCUT2D eigenvalue weighted by atomic mass is 16.5. The first-order valence-electron chi connectivity index (χ1n) is 10.8. The number of hydrogen-bond donors (Lipinski definition) is 0. The van der Waals surface area contributed by atoms with Crippen molar-refractivity contribution in [2.75, 3.05) is 6.61 Å². The van der Waals surface area contributed by atoms with Crippen molar-refractivity contribution in [1.82, 2.24) is 14.0 Å². The van der Waals surface area contributed by atoms with Crippen LogP contribution in [0.5, 0.6) is 0 Å². The van der Waals surface area contributed by atoms with Crippen LogP contribution in [0.15, 0.2) is 70.6 Å². The van der Waals surface area contributed by atoms with Gasteiger partial charge in [-0.2, -0.15) is 4.99 Å². The van der Waals surface area contributed by atoms with Crippen LogP contribution in [0.2, 0.25) is 0 Å². The maximum absolute atomic E-state index is 13.2. The number of ether oxygens (including phenoxy) is 1. The van der Waals surface area contributed by atoms with Crippen molar-refractivity contribution in [1.29, 1.82) is 0 Å². The lowest BCUT2D eigenvalue weighted by Crippen LogP contribution is -2.31. The number of amides is 1. The lowest BCUT2D eigenvalue weighted by molar-refractivity contribution is -0.119. The summed E-state index contributed by atoms with van der Waals surface area (Å²) >= 11 is 0. The first kappa shape index (κ1) is 22.1. The van der Waals surface area contributed by atoms with Gasteiger partial charge < -0.3 is 9.30 Å². The van der Waals surface area contributed by atoms with Crippen molar-refractivity contribution in [3.63, 3.8) is 0 Å². The Morgan fingerprint density at radius 1 is 1.09 bits per heavy atom. The Morgan fingerprint density at radius 2 is 1.82 bits per heavy atom. The van der Waals surface area contributed by atoms with E-state index in [0.29, 0.717) is 17.7 Å². The molecule has 0 aliphatic heterocycles. The van der Waals surface area contributed by atoms with Gasteiger partial charge in [0.05, 0.1) is 17.9 Å². The number of esters is 1. The highest BCUT2D eigenvalue weighted by molar-refractivity contribution is 5.94.